The van der Waals surface area contributed by atoms with E-state index in [0.29, 0.717) is 0 Å². The summed E-state index contributed by atoms with van der Waals surface area (Å²) in [5.41, 5.74) is 0. The molecule has 14 nitrogen and oxygen atoms in total. The van der Waals surface area contributed by atoms with Gasteiger partial charge < -0.3 is 43.0 Å². The molecule has 2 fully saturated rings. The summed E-state index contributed by atoms with van der Waals surface area (Å²) < 4.78 is 43.6. The van der Waals surface area contributed by atoms with Crippen molar-refractivity contribution in [2.24, 2.45) is 0 Å². The van der Waals surface area contributed by atoms with Gasteiger partial charge in [-0.2, -0.15) is 0 Å². The molecule has 0 aromatic carbocycles. The van der Waals surface area contributed by atoms with Crippen LogP contribution >= 0.6 is 0 Å². The molecule has 0 aromatic rings. The van der Waals surface area contributed by atoms with Crippen LogP contribution in [0.1, 0.15) is 48.5 Å². The highest BCUT2D eigenvalue weighted by Crippen LogP contribution is 2.34. The van der Waals surface area contributed by atoms with E-state index in [2.05, 4.69) is 0 Å². The third kappa shape index (κ3) is 7.59. The van der Waals surface area contributed by atoms with Gasteiger partial charge in [-0.25, -0.2) is 0 Å². The van der Waals surface area contributed by atoms with Crippen molar-refractivity contribution in [2.75, 3.05) is 0 Å². The summed E-state index contributed by atoms with van der Waals surface area (Å²) in [6.07, 6.45) is -12.9. The summed E-state index contributed by atoms with van der Waals surface area (Å²) in [5, 5.41) is 10.3. The number of ether oxygens (including phenoxy) is 8. The lowest BCUT2D eigenvalue weighted by Crippen LogP contribution is -2.65. The Kier molecular flexibility index (Phi) is 10.2. The van der Waals surface area contributed by atoms with Crippen LogP contribution in [0.5, 0.6) is 0 Å². The second-order valence-electron chi connectivity index (χ2n) is 8.41. The first-order valence-corrected chi connectivity index (χ1v) is 11.2. The van der Waals surface area contributed by atoms with E-state index >= 15 is 0 Å². The van der Waals surface area contributed by atoms with Gasteiger partial charge in [0.15, 0.2) is 43.1 Å². The Bertz CT molecular complexity index is 843. The molecule has 0 radical (unpaired) electrons. The molecule has 10 atom stereocenters. The first-order valence-electron chi connectivity index (χ1n) is 11.2. The number of carbonyl (C=O) groups excluding carboxylic acids is 5. The van der Waals surface area contributed by atoms with Crippen LogP contribution in [-0.4, -0.2) is 96.4 Å². The van der Waals surface area contributed by atoms with E-state index in [1.165, 1.54) is 13.8 Å². The molecule has 6 unspecified atom stereocenters. The minimum Gasteiger partial charge on any atom is -0.456 e. The average Bonchev–Trinajstić information content (AvgIpc) is 2.71. The van der Waals surface area contributed by atoms with Gasteiger partial charge in [-0.15, -0.1) is 0 Å². The number of hydrogen-bond donors (Lipinski definition) is 1. The number of aliphatic hydroxyl groups excluding tert-OH is 1. The lowest BCUT2D eigenvalue weighted by molar-refractivity contribution is -0.350. The number of carbonyl (C=O) groups is 5. The molecule has 2 rings (SSSR count). The molecule has 0 spiro atoms. The van der Waals surface area contributed by atoms with Crippen molar-refractivity contribution < 1.29 is 67.0 Å². The fraction of sp³-hybridized carbons (Fsp3) is 0.773. The van der Waals surface area contributed by atoms with Crippen molar-refractivity contribution in [1.29, 1.82) is 0 Å². The van der Waals surface area contributed by atoms with Crippen LogP contribution in [0, 0.1) is 0 Å². The maximum absolute atomic E-state index is 11.9. The third-order valence-electron chi connectivity index (χ3n) is 5.27. The zero-order valence-corrected chi connectivity index (χ0v) is 21.0. The van der Waals surface area contributed by atoms with Crippen molar-refractivity contribution >= 4 is 29.8 Å². The van der Waals surface area contributed by atoms with Crippen LogP contribution < -0.4 is 0 Å². The SMILES string of the molecule is CC(=O)OC1C(OC(C)=O)[C@@H](OC(C)=O)C(C)O[C@H]1O[C@H]1C(C)O[C@@H](O)C(OC(C)=O)C1OC(C)=O. The van der Waals surface area contributed by atoms with E-state index in [0.717, 1.165) is 34.6 Å². The zero-order chi connectivity index (χ0) is 27.3. The second-order valence-corrected chi connectivity index (χ2v) is 8.41. The molecule has 0 aliphatic carbocycles. The first kappa shape index (κ1) is 29.4. The van der Waals surface area contributed by atoms with E-state index in [1.807, 2.05) is 0 Å². The molecular weight excluding hydrogens is 488 g/mol. The average molecular weight is 520 g/mol. The molecular formula is C22H32O14. The smallest absolute Gasteiger partial charge is 0.303 e. The number of rotatable bonds is 7. The molecule has 2 aliphatic rings. The van der Waals surface area contributed by atoms with Gasteiger partial charge in [-0.05, 0) is 13.8 Å². The summed E-state index contributed by atoms with van der Waals surface area (Å²) >= 11 is 0. The fourth-order valence-electron chi connectivity index (χ4n) is 4.06. The number of aliphatic hydroxyl groups is 1. The first-order chi connectivity index (χ1) is 16.7. The predicted octanol–water partition coefficient (Wildman–Crippen LogP) is -0.488. The number of hydrogen-bond acceptors (Lipinski definition) is 14. The largest absolute Gasteiger partial charge is 0.456 e. The lowest BCUT2D eigenvalue weighted by Gasteiger charge is -2.47. The molecule has 0 aromatic heterocycles. The molecule has 2 aliphatic heterocycles. The Morgan fingerprint density at radius 2 is 0.889 bits per heavy atom. The molecule has 2 saturated heterocycles. The summed E-state index contributed by atoms with van der Waals surface area (Å²) in [7, 11) is 0. The molecule has 2 heterocycles. The molecule has 14 heteroatoms. The Morgan fingerprint density at radius 1 is 0.528 bits per heavy atom. The topological polar surface area (TPSA) is 179 Å². The quantitative estimate of drug-likeness (QED) is 0.335. The van der Waals surface area contributed by atoms with Gasteiger partial charge in [-0.1, -0.05) is 0 Å². The van der Waals surface area contributed by atoms with Gasteiger partial charge in [0.05, 0.1) is 12.2 Å². The summed E-state index contributed by atoms with van der Waals surface area (Å²) in [6.45, 7) is 8.56. The Morgan fingerprint density at radius 3 is 1.36 bits per heavy atom. The van der Waals surface area contributed by atoms with Gasteiger partial charge in [0, 0.05) is 34.6 Å². The van der Waals surface area contributed by atoms with Crippen LogP contribution in [0.4, 0.5) is 0 Å². The summed E-state index contributed by atoms with van der Waals surface area (Å²) in [5.74, 6) is -3.80. The Hall–Kier alpha value is -2.81. The van der Waals surface area contributed by atoms with Crippen molar-refractivity contribution in [1.82, 2.24) is 0 Å². The van der Waals surface area contributed by atoms with Crippen molar-refractivity contribution in [2.45, 2.75) is 110 Å². The fourth-order valence-corrected chi connectivity index (χ4v) is 4.06. The highest BCUT2D eigenvalue weighted by molar-refractivity contribution is 5.69. The minimum atomic E-state index is -1.65. The van der Waals surface area contributed by atoms with Gasteiger partial charge in [0.1, 0.15) is 6.10 Å². The van der Waals surface area contributed by atoms with Crippen molar-refractivity contribution in [3.05, 3.63) is 0 Å². The molecule has 204 valence electrons. The standard InChI is InChI=1S/C22H32O14/c1-8-16(17(32-11(4)24)19(21(28)29-8)34-13(6)26)36-22-20(35-14(7)27)18(33-12(5)25)15(9(2)30-22)31-10(3)23/h8-9,15-22,28H,1-7H3/t8?,9?,15-,16-,17?,18?,19?,20?,21+,22-/m0/s1. The monoisotopic (exact) mass is 520 g/mol. The summed E-state index contributed by atoms with van der Waals surface area (Å²) in [6, 6.07) is 0. The van der Waals surface area contributed by atoms with E-state index < -0.39 is 91.3 Å². The second kappa shape index (κ2) is 12.4. The van der Waals surface area contributed by atoms with Crippen LogP contribution in [0.15, 0.2) is 0 Å². The highest BCUT2D eigenvalue weighted by atomic mass is 16.8. The molecule has 0 amide bonds. The van der Waals surface area contributed by atoms with Crippen LogP contribution in [-0.2, 0) is 61.9 Å². The van der Waals surface area contributed by atoms with Crippen LogP contribution in [0.2, 0.25) is 0 Å². The van der Waals surface area contributed by atoms with Gasteiger partial charge in [0.25, 0.3) is 0 Å². The molecule has 1 N–H and O–H groups in total. The normalized spacial score (nSPS) is 36.2. The molecule has 0 bridgehead atoms. The van der Waals surface area contributed by atoms with Crippen molar-refractivity contribution in [3.8, 4) is 0 Å². The number of esters is 5. The van der Waals surface area contributed by atoms with Gasteiger partial charge in [0.2, 0.25) is 0 Å². The van der Waals surface area contributed by atoms with Crippen LogP contribution in [0.3, 0.4) is 0 Å². The minimum absolute atomic E-state index is 0.698. The van der Waals surface area contributed by atoms with E-state index in [-0.39, 0.29) is 0 Å². The van der Waals surface area contributed by atoms with E-state index in [1.54, 1.807) is 0 Å². The van der Waals surface area contributed by atoms with E-state index in [9.17, 15) is 29.1 Å². The van der Waals surface area contributed by atoms with E-state index in [4.69, 9.17) is 37.9 Å². The highest BCUT2D eigenvalue weighted by Gasteiger charge is 2.55. The summed E-state index contributed by atoms with van der Waals surface area (Å²) in [4.78, 5) is 58.9. The predicted molar refractivity (Wildman–Crippen MR) is 114 cm³/mol. The van der Waals surface area contributed by atoms with Gasteiger partial charge in [-0.3, -0.25) is 24.0 Å². The van der Waals surface area contributed by atoms with Gasteiger partial charge >= 0.3 is 29.8 Å². The van der Waals surface area contributed by atoms with Crippen LogP contribution in [0.25, 0.3) is 0 Å². The zero-order valence-electron chi connectivity index (χ0n) is 21.0. The van der Waals surface area contributed by atoms with Crippen molar-refractivity contribution in [3.63, 3.8) is 0 Å². The molecule has 36 heavy (non-hydrogen) atoms. The maximum Gasteiger partial charge on any atom is 0.303 e. The maximum atomic E-state index is 11.9. The molecule has 0 saturated carbocycles. The third-order valence-corrected chi connectivity index (χ3v) is 5.27. The Balaban J connectivity index is 2.46. The lowest BCUT2D eigenvalue weighted by atomic mass is 9.96. The Labute approximate surface area is 207 Å².